The van der Waals surface area contributed by atoms with Crippen LogP contribution in [0.25, 0.3) is 0 Å². The zero-order valence-corrected chi connectivity index (χ0v) is 15.0. The average molecular weight is 345 g/mol. The van der Waals surface area contributed by atoms with Gasteiger partial charge in [0, 0.05) is 50.2 Å². The number of thiazole rings is 1. The number of amides is 1. The molecule has 2 rings (SSSR count). The molecule has 24 heavy (non-hydrogen) atoms. The molecule has 0 spiro atoms. The lowest BCUT2D eigenvalue weighted by Crippen LogP contribution is -2.37. The van der Waals surface area contributed by atoms with E-state index in [9.17, 15) is 4.79 Å². The van der Waals surface area contributed by atoms with Crippen LogP contribution in [0.3, 0.4) is 0 Å². The Labute approximate surface area is 146 Å². The molecule has 1 aromatic heterocycles. The Kier molecular flexibility index (Phi) is 6.74. The van der Waals surface area contributed by atoms with Gasteiger partial charge in [-0.15, -0.1) is 11.3 Å². The summed E-state index contributed by atoms with van der Waals surface area (Å²) in [5, 5.41) is 10.3. The van der Waals surface area contributed by atoms with Gasteiger partial charge in [0.2, 0.25) is 0 Å². The largest absolute Gasteiger partial charge is 0.356 e. The summed E-state index contributed by atoms with van der Waals surface area (Å²) in [5.74, 6) is 0.645. The average Bonchev–Trinajstić information content (AvgIpc) is 3.02. The number of aromatic nitrogens is 1. The second-order valence-electron chi connectivity index (χ2n) is 5.25. The van der Waals surface area contributed by atoms with Gasteiger partial charge in [0.25, 0.3) is 5.91 Å². The van der Waals surface area contributed by atoms with Gasteiger partial charge in [-0.3, -0.25) is 9.79 Å². The van der Waals surface area contributed by atoms with E-state index in [0.29, 0.717) is 12.1 Å². The number of guanidine groups is 1. The molecule has 1 aromatic carbocycles. The van der Waals surface area contributed by atoms with Crippen molar-refractivity contribution in [1.82, 2.24) is 20.9 Å². The Balaban J connectivity index is 1.82. The summed E-state index contributed by atoms with van der Waals surface area (Å²) in [7, 11) is 3.37. The van der Waals surface area contributed by atoms with E-state index in [2.05, 4.69) is 32.9 Å². The van der Waals surface area contributed by atoms with Gasteiger partial charge in [0.15, 0.2) is 5.96 Å². The number of rotatable bonds is 6. The van der Waals surface area contributed by atoms with Crippen LogP contribution < -0.4 is 16.0 Å². The van der Waals surface area contributed by atoms with Crippen molar-refractivity contribution in [3.63, 3.8) is 0 Å². The smallest absolute Gasteiger partial charge is 0.251 e. The molecule has 0 aliphatic carbocycles. The van der Waals surface area contributed by atoms with Gasteiger partial charge >= 0.3 is 0 Å². The molecule has 0 fully saturated rings. The summed E-state index contributed by atoms with van der Waals surface area (Å²) in [6, 6.07) is 7.52. The minimum atomic E-state index is -0.0851. The molecule has 3 N–H and O–H groups in total. The minimum Gasteiger partial charge on any atom is -0.356 e. The number of benzene rings is 1. The molecule has 2 aromatic rings. The Morgan fingerprint density at radius 3 is 2.83 bits per heavy atom. The van der Waals surface area contributed by atoms with Crippen molar-refractivity contribution in [2.45, 2.75) is 19.9 Å². The van der Waals surface area contributed by atoms with E-state index in [1.165, 1.54) is 4.88 Å². The molecule has 1 amide bonds. The van der Waals surface area contributed by atoms with Crippen molar-refractivity contribution < 1.29 is 4.79 Å². The summed E-state index contributed by atoms with van der Waals surface area (Å²) >= 11 is 1.71. The van der Waals surface area contributed by atoms with Crippen LogP contribution in [0.1, 0.15) is 25.8 Å². The van der Waals surface area contributed by atoms with Gasteiger partial charge in [0.05, 0.1) is 5.01 Å². The third-order valence-corrected chi connectivity index (χ3v) is 4.37. The summed E-state index contributed by atoms with van der Waals surface area (Å²) in [6.45, 7) is 3.42. The highest BCUT2D eigenvalue weighted by molar-refractivity contribution is 7.11. The first-order valence-corrected chi connectivity index (χ1v) is 8.61. The fraction of sp³-hybridized carbons (Fsp3) is 0.353. The highest BCUT2D eigenvalue weighted by Crippen LogP contribution is 2.10. The molecule has 0 radical (unpaired) electrons. The van der Waals surface area contributed by atoms with Crippen molar-refractivity contribution in [3.05, 3.63) is 51.5 Å². The Hall–Kier alpha value is -2.41. The van der Waals surface area contributed by atoms with E-state index < -0.39 is 0 Å². The fourth-order valence-corrected chi connectivity index (χ4v) is 2.96. The lowest BCUT2D eigenvalue weighted by molar-refractivity contribution is 0.0963. The van der Waals surface area contributed by atoms with Gasteiger partial charge in [-0.2, -0.15) is 0 Å². The molecular weight excluding hydrogens is 322 g/mol. The van der Waals surface area contributed by atoms with E-state index in [-0.39, 0.29) is 5.91 Å². The number of hydrogen-bond donors (Lipinski definition) is 3. The monoisotopic (exact) mass is 345 g/mol. The molecule has 0 saturated heterocycles. The van der Waals surface area contributed by atoms with Gasteiger partial charge in [0.1, 0.15) is 0 Å². The number of carbonyl (C=O) groups is 1. The molecule has 128 valence electrons. The van der Waals surface area contributed by atoms with Crippen LogP contribution in [-0.4, -0.2) is 37.5 Å². The molecule has 0 atom stereocenters. The number of aliphatic imine (C=N–C) groups is 1. The van der Waals surface area contributed by atoms with E-state index in [1.54, 1.807) is 31.5 Å². The van der Waals surface area contributed by atoms with Crippen LogP contribution >= 0.6 is 11.3 Å². The highest BCUT2D eigenvalue weighted by Gasteiger charge is 2.05. The number of nitrogens with one attached hydrogen (secondary N) is 3. The number of nitrogens with zero attached hydrogens (tertiary/aromatic N) is 2. The van der Waals surface area contributed by atoms with Gasteiger partial charge < -0.3 is 16.0 Å². The normalized spacial score (nSPS) is 11.2. The predicted molar refractivity (Wildman–Crippen MR) is 98.6 cm³/mol. The standard InChI is InChI=1S/C17H23N5OS/c1-12-10-21-15(24-12)7-8-20-17(19-3)22-11-13-5-4-6-14(9-13)16(23)18-2/h4-6,9-10H,7-8,11H2,1-3H3,(H,18,23)(H2,19,20,22). The second kappa shape index (κ2) is 9.02. The highest BCUT2D eigenvalue weighted by atomic mass is 32.1. The lowest BCUT2D eigenvalue weighted by atomic mass is 10.1. The minimum absolute atomic E-state index is 0.0851. The van der Waals surface area contributed by atoms with Crippen molar-refractivity contribution in [1.29, 1.82) is 0 Å². The number of hydrogen-bond acceptors (Lipinski definition) is 4. The van der Waals surface area contributed by atoms with Gasteiger partial charge in [-0.25, -0.2) is 4.98 Å². The SMILES string of the molecule is CN=C(NCCc1ncc(C)s1)NCc1cccc(C(=O)NC)c1. The summed E-state index contributed by atoms with van der Waals surface area (Å²) < 4.78 is 0. The zero-order chi connectivity index (χ0) is 17.4. The molecule has 0 unspecified atom stereocenters. The Bertz CT molecular complexity index is 711. The molecular formula is C17H23N5OS. The molecule has 0 saturated carbocycles. The van der Waals surface area contributed by atoms with E-state index >= 15 is 0 Å². The van der Waals surface area contributed by atoms with E-state index in [4.69, 9.17) is 0 Å². The van der Waals surface area contributed by atoms with Crippen molar-refractivity contribution in [2.24, 2.45) is 4.99 Å². The van der Waals surface area contributed by atoms with Crippen LogP contribution in [0.5, 0.6) is 0 Å². The molecule has 6 nitrogen and oxygen atoms in total. The Morgan fingerprint density at radius 1 is 1.33 bits per heavy atom. The number of aryl methyl sites for hydroxylation is 1. The third kappa shape index (κ3) is 5.34. The van der Waals surface area contributed by atoms with E-state index in [1.807, 2.05) is 24.4 Å². The first-order chi connectivity index (χ1) is 11.6. The van der Waals surface area contributed by atoms with Crippen LogP contribution in [0.4, 0.5) is 0 Å². The molecule has 7 heteroatoms. The van der Waals surface area contributed by atoms with Crippen molar-refractivity contribution in [3.8, 4) is 0 Å². The maximum atomic E-state index is 11.7. The molecule has 0 aliphatic rings. The predicted octanol–water partition coefficient (Wildman–Crippen LogP) is 1.72. The van der Waals surface area contributed by atoms with Crippen LogP contribution in [0.15, 0.2) is 35.5 Å². The van der Waals surface area contributed by atoms with Gasteiger partial charge in [-0.1, -0.05) is 12.1 Å². The molecule has 1 heterocycles. The first-order valence-electron chi connectivity index (χ1n) is 7.79. The van der Waals surface area contributed by atoms with Crippen molar-refractivity contribution >= 4 is 23.2 Å². The van der Waals surface area contributed by atoms with Crippen molar-refractivity contribution in [2.75, 3.05) is 20.6 Å². The molecule has 0 bridgehead atoms. The maximum Gasteiger partial charge on any atom is 0.251 e. The van der Waals surface area contributed by atoms with E-state index in [0.717, 1.165) is 29.5 Å². The summed E-state index contributed by atoms with van der Waals surface area (Å²) in [4.78, 5) is 21.4. The summed E-state index contributed by atoms with van der Waals surface area (Å²) in [5.41, 5.74) is 1.67. The Morgan fingerprint density at radius 2 is 2.17 bits per heavy atom. The van der Waals surface area contributed by atoms with Crippen LogP contribution in [-0.2, 0) is 13.0 Å². The quantitative estimate of drug-likeness (QED) is 0.550. The molecule has 0 aliphatic heterocycles. The van der Waals surface area contributed by atoms with Crippen LogP contribution in [0.2, 0.25) is 0 Å². The fourth-order valence-electron chi connectivity index (χ4n) is 2.18. The summed E-state index contributed by atoms with van der Waals surface area (Å²) in [6.07, 6.45) is 2.76. The zero-order valence-electron chi connectivity index (χ0n) is 14.2. The first kappa shape index (κ1) is 17.9. The van der Waals surface area contributed by atoms with Gasteiger partial charge in [-0.05, 0) is 24.6 Å². The topological polar surface area (TPSA) is 78.4 Å². The number of carbonyl (C=O) groups excluding carboxylic acids is 1. The maximum absolute atomic E-state index is 11.7. The second-order valence-corrected chi connectivity index (χ2v) is 6.57. The van der Waals surface area contributed by atoms with Crippen LogP contribution in [0, 0.1) is 6.92 Å². The lowest BCUT2D eigenvalue weighted by Gasteiger charge is -2.12. The third-order valence-electron chi connectivity index (χ3n) is 3.40.